The Labute approximate surface area is 143 Å². The lowest BCUT2D eigenvalue weighted by molar-refractivity contribution is -0.115. The third kappa shape index (κ3) is 2.75. The number of fused-ring (bicyclic) bond motifs is 1. The Kier molecular flexibility index (Phi) is 3.91. The van der Waals surface area contributed by atoms with Crippen LogP contribution in [-0.2, 0) is 0 Å². The summed E-state index contributed by atoms with van der Waals surface area (Å²) in [6.45, 7) is 1.52. The Balaban J connectivity index is 1.38. The first-order valence-corrected chi connectivity index (χ1v) is 9.03. The summed E-state index contributed by atoms with van der Waals surface area (Å²) in [4.78, 5) is 4.56. The smallest absolute Gasteiger partial charge is 0.189 e. The number of nitrogens with two attached hydrogens (primary N) is 1. The molecule has 5 heteroatoms. The van der Waals surface area contributed by atoms with Gasteiger partial charge in [0.05, 0.1) is 25.8 Å². The van der Waals surface area contributed by atoms with E-state index in [2.05, 4.69) is 16.4 Å². The number of aliphatic imine (C=N–C) groups is 1. The molecule has 0 radical (unpaired) electrons. The minimum absolute atomic E-state index is 0.0414. The van der Waals surface area contributed by atoms with Crippen molar-refractivity contribution in [1.82, 2.24) is 5.32 Å². The number of benzene rings is 1. The van der Waals surface area contributed by atoms with Gasteiger partial charge in [0.1, 0.15) is 5.75 Å². The Morgan fingerprint density at radius 3 is 2.83 bits per heavy atom. The number of guanidine groups is 1. The van der Waals surface area contributed by atoms with Crippen molar-refractivity contribution in [2.24, 2.45) is 21.6 Å². The molecule has 1 heterocycles. The van der Waals surface area contributed by atoms with Crippen LogP contribution in [0.15, 0.2) is 29.3 Å². The second-order valence-corrected chi connectivity index (χ2v) is 7.94. The molecule has 0 bridgehead atoms. The van der Waals surface area contributed by atoms with Crippen LogP contribution < -0.4 is 15.8 Å². The molecule has 24 heavy (non-hydrogen) atoms. The van der Waals surface area contributed by atoms with Gasteiger partial charge in [0.25, 0.3) is 0 Å². The van der Waals surface area contributed by atoms with Gasteiger partial charge in [0.2, 0.25) is 0 Å². The molecule has 0 aromatic heterocycles. The van der Waals surface area contributed by atoms with Crippen molar-refractivity contribution in [2.75, 3.05) is 19.8 Å². The number of hydrogen-bond donors (Lipinski definition) is 3. The lowest BCUT2D eigenvalue weighted by Gasteiger charge is -2.60. The zero-order chi connectivity index (χ0) is 16.6. The molecule has 0 amide bonds. The maximum absolute atomic E-state index is 9.81. The highest BCUT2D eigenvalue weighted by atomic mass is 16.5. The first-order chi connectivity index (χ1) is 11.6. The molecular formula is C19H27N3O2. The first kappa shape index (κ1) is 15.8. The number of aliphatic hydroxyl groups excluding tert-OH is 1. The van der Waals surface area contributed by atoms with E-state index in [9.17, 15) is 5.11 Å². The molecule has 2 saturated carbocycles. The van der Waals surface area contributed by atoms with Gasteiger partial charge in [-0.1, -0.05) is 24.6 Å². The molecule has 5 nitrogen and oxygen atoms in total. The molecule has 1 aromatic carbocycles. The lowest BCUT2D eigenvalue weighted by atomic mass is 9.45. The summed E-state index contributed by atoms with van der Waals surface area (Å²) in [6.07, 6.45) is 7.08. The van der Waals surface area contributed by atoms with Gasteiger partial charge >= 0.3 is 0 Å². The van der Waals surface area contributed by atoms with E-state index in [1.807, 2.05) is 18.2 Å². The summed E-state index contributed by atoms with van der Waals surface area (Å²) in [6, 6.07) is 8.20. The van der Waals surface area contributed by atoms with Gasteiger partial charge in [0.15, 0.2) is 5.96 Å². The number of hydrogen-bond acceptors (Lipinski definition) is 3. The fourth-order valence-corrected chi connectivity index (χ4v) is 4.81. The molecule has 1 aromatic rings. The van der Waals surface area contributed by atoms with E-state index in [-0.39, 0.29) is 18.1 Å². The molecule has 2 aliphatic carbocycles. The van der Waals surface area contributed by atoms with Crippen molar-refractivity contribution in [3.05, 3.63) is 29.8 Å². The standard InChI is InChI=1S/C19H27N3O2/c20-17(21-12-19(13-23)10-18(11-19)7-3-8-18)22-15-6-9-24-16-5-2-1-4-14(15)16/h1-2,4-5,15,23H,3,6-13H2,(H3,20,21,22). The van der Waals surface area contributed by atoms with Crippen molar-refractivity contribution in [1.29, 1.82) is 0 Å². The summed E-state index contributed by atoms with van der Waals surface area (Å²) in [5, 5.41) is 13.1. The molecule has 130 valence electrons. The zero-order valence-corrected chi connectivity index (χ0v) is 14.1. The largest absolute Gasteiger partial charge is 0.493 e. The normalized spacial score (nSPS) is 26.7. The van der Waals surface area contributed by atoms with Crippen LogP contribution in [0.5, 0.6) is 5.75 Å². The summed E-state index contributed by atoms with van der Waals surface area (Å²) in [7, 11) is 0. The summed E-state index contributed by atoms with van der Waals surface area (Å²) in [5.74, 6) is 1.39. The summed E-state index contributed by atoms with van der Waals surface area (Å²) in [5.41, 5.74) is 7.75. The van der Waals surface area contributed by atoms with Crippen LogP contribution >= 0.6 is 0 Å². The highest BCUT2D eigenvalue weighted by Crippen LogP contribution is 2.64. The average Bonchev–Trinajstić information content (AvgIpc) is 2.53. The third-order valence-corrected chi connectivity index (χ3v) is 6.12. The minimum Gasteiger partial charge on any atom is -0.493 e. The Bertz CT molecular complexity index is 631. The second-order valence-electron chi connectivity index (χ2n) is 7.94. The van der Waals surface area contributed by atoms with Crippen LogP contribution in [0.4, 0.5) is 0 Å². The molecule has 1 unspecified atom stereocenters. The number of nitrogens with one attached hydrogen (secondary N) is 1. The van der Waals surface area contributed by atoms with Crippen molar-refractivity contribution in [3.63, 3.8) is 0 Å². The van der Waals surface area contributed by atoms with Crippen LogP contribution in [0.2, 0.25) is 0 Å². The molecule has 0 saturated heterocycles. The molecule has 1 aliphatic heterocycles. The maximum Gasteiger partial charge on any atom is 0.189 e. The second kappa shape index (κ2) is 5.96. The number of aliphatic hydroxyl groups is 1. The van der Waals surface area contributed by atoms with Crippen molar-refractivity contribution < 1.29 is 9.84 Å². The van der Waals surface area contributed by atoms with E-state index >= 15 is 0 Å². The van der Waals surface area contributed by atoms with Gasteiger partial charge in [-0.25, -0.2) is 0 Å². The number of para-hydroxylation sites is 1. The molecule has 3 aliphatic rings. The van der Waals surface area contributed by atoms with Gasteiger partial charge < -0.3 is 20.9 Å². The molecule has 1 spiro atoms. The molecule has 2 fully saturated rings. The SMILES string of the molecule is NC(=NCC1(CO)CC2(CCC2)C1)NC1CCOc2ccccc21. The zero-order valence-electron chi connectivity index (χ0n) is 14.1. The maximum atomic E-state index is 9.81. The van der Waals surface area contributed by atoms with E-state index in [1.165, 1.54) is 19.3 Å². The minimum atomic E-state index is -0.0414. The van der Waals surface area contributed by atoms with E-state index in [0.29, 0.717) is 24.5 Å². The predicted octanol–water partition coefficient (Wildman–Crippen LogP) is 2.36. The number of nitrogens with zero attached hydrogens (tertiary/aromatic N) is 1. The van der Waals surface area contributed by atoms with Gasteiger partial charge in [-0.05, 0) is 37.2 Å². The fraction of sp³-hybridized carbons (Fsp3) is 0.632. The van der Waals surface area contributed by atoms with Crippen molar-refractivity contribution in [3.8, 4) is 5.75 Å². The van der Waals surface area contributed by atoms with Crippen molar-refractivity contribution in [2.45, 2.75) is 44.6 Å². The number of rotatable bonds is 4. The first-order valence-electron chi connectivity index (χ1n) is 9.03. The fourth-order valence-electron chi connectivity index (χ4n) is 4.81. The van der Waals surface area contributed by atoms with Gasteiger partial charge in [-0.2, -0.15) is 0 Å². The monoisotopic (exact) mass is 329 g/mol. The molecule has 4 rings (SSSR count). The molecule has 4 N–H and O–H groups in total. The van der Waals surface area contributed by atoms with Crippen LogP contribution in [0.1, 0.15) is 50.1 Å². The summed E-state index contributed by atoms with van der Waals surface area (Å²) >= 11 is 0. The molecular weight excluding hydrogens is 302 g/mol. The molecule has 1 atom stereocenters. The lowest BCUT2D eigenvalue weighted by Crippen LogP contribution is -2.54. The van der Waals surface area contributed by atoms with Gasteiger partial charge in [-0.15, -0.1) is 0 Å². The van der Waals surface area contributed by atoms with Gasteiger partial charge in [-0.3, -0.25) is 4.99 Å². The van der Waals surface area contributed by atoms with E-state index in [0.717, 1.165) is 30.6 Å². The van der Waals surface area contributed by atoms with E-state index in [4.69, 9.17) is 10.5 Å². The third-order valence-electron chi connectivity index (χ3n) is 6.12. The Hall–Kier alpha value is -1.75. The van der Waals surface area contributed by atoms with Crippen LogP contribution in [0.3, 0.4) is 0 Å². The van der Waals surface area contributed by atoms with Crippen molar-refractivity contribution >= 4 is 5.96 Å². The Morgan fingerprint density at radius 1 is 1.33 bits per heavy atom. The average molecular weight is 329 g/mol. The van der Waals surface area contributed by atoms with Crippen LogP contribution in [0.25, 0.3) is 0 Å². The highest BCUT2D eigenvalue weighted by Gasteiger charge is 2.56. The highest BCUT2D eigenvalue weighted by molar-refractivity contribution is 5.78. The van der Waals surface area contributed by atoms with Gasteiger partial charge in [0, 0.05) is 17.4 Å². The quantitative estimate of drug-likeness (QED) is 0.585. The topological polar surface area (TPSA) is 79.9 Å². The van der Waals surface area contributed by atoms with E-state index in [1.54, 1.807) is 0 Å². The van der Waals surface area contributed by atoms with E-state index < -0.39 is 0 Å². The van der Waals surface area contributed by atoms with Crippen LogP contribution in [-0.4, -0.2) is 30.8 Å². The predicted molar refractivity (Wildman–Crippen MR) is 94.0 cm³/mol. The van der Waals surface area contributed by atoms with Crippen LogP contribution in [0, 0.1) is 10.8 Å². The number of ether oxygens (including phenoxy) is 1. The summed E-state index contributed by atoms with van der Waals surface area (Å²) < 4.78 is 5.68. The Morgan fingerprint density at radius 2 is 2.12 bits per heavy atom.